The average molecular weight is 489 g/mol. The Balaban J connectivity index is 1.87. The van der Waals surface area contributed by atoms with Gasteiger partial charge in [-0.2, -0.15) is 0 Å². The smallest absolute Gasteiger partial charge is 0.305 e. The van der Waals surface area contributed by atoms with Gasteiger partial charge in [-0.3, -0.25) is 4.79 Å². The number of aliphatic carboxylic acids is 1. The van der Waals surface area contributed by atoms with Gasteiger partial charge in [-0.25, -0.2) is 0 Å². The van der Waals surface area contributed by atoms with E-state index in [0.29, 0.717) is 41.0 Å². The van der Waals surface area contributed by atoms with Gasteiger partial charge in [0.15, 0.2) is 5.79 Å². The van der Waals surface area contributed by atoms with Crippen LogP contribution in [0, 0.1) is 0 Å². The minimum absolute atomic E-state index is 0.206. The summed E-state index contributed by atoms with van der Waals surface area (Å²) in [7, 11) is 4.78. The van der Waals surface area contributed by atoms with E-state index in [2.05, 4.69) is 0 Å². The Bertz CT molecular complexity index is 1160. The van der Waals surface area contributed by atoms with Crippen molar-refractivity contribution in [1.82, 2.24) is 0 Å². The molecule has 3 aliphatic rings. The molecule has 190 valence electrons. The van der Waals surface area contributed by atoms with Crippen LogP contribution in [0.15, 0.2) is 18.2 Å². The van der Waals surface area contributed by atoms with E-state index in [9.17, 15) is 9.90 Å². The van der Waals surface area contributed by atoms with E-state index in [1.165, 1.54) is 0 Å². The number of methoxy groups -OCH3 is 3. The monoisotopic (exact) mass is 488 g/mol. The standard InChI is InChI=1S/C26H32O9/c1-13-10-18-24(35-25(2,3)34-18)26(32-13)21-16(11-14(33-26)12-19(27)28)22(30-5)15-8-7-9-17(29-4)20(15)23(21)31-6/h7-9,13-14,18,24H,10-12H2,1-6H3,(H,27,28)/t13-,14+,18-,24-,26-/m1/s1. The van der Waals surface area contributed by atoms with E-state index in [1.54, 1.807) is 21.3 Å². The molecule has 0 saturated carbocycles. The van der Waals surface area contributed by atoms with Crippen LogP contribution in [0.25, 0.3) is 10.8 Å². The molecule has 3 aliphatic heterocycles. The first-order chi connectivity index (χ1) is 16.6. The van der Waals surface area contributed by atoms with E-state index in [0.717, 1.165) is 10.9 Å². The summed E-state index contributed by atoms with van der Waals surface area (Å²) in [5, 5.41) is 11.1. The molecule has 9 heteroatoms. The minimum atomic E-state index is -1.47. The normalized spacial score (nSPS) is 31.1. The maximum Gasteiger partial charge on any atom is 0.305 e. The SMILES string of the molecule is COc1c2c(c(OC)c3c(OC)cccc13)[C@]1(O[C@H](CC(=O)O)C2)O[C@H](C)C[C@H]2OC(C)(C)O[C@H]21. The predicted octanol–water partition coefficient (Wildman–Crippen LogP) is 3.76. The third kappa shape index (κ3) is 3.72. The second-order valence-corrected chi connectivity index (χ2v) is 9.77. The first kappa shape index (κ1) is 24.1. The van der Waals surface area contributed by atoms with Crippen molar-refractivity contribution in [2.24, 2.45) is 0 Å². The Morgan fingerprint density at radius 1 is 1.06 bits per heavy atom. The summed E-state index contributed by atoms with van der Waals surface area (Å²) in [6.07, 6.45) is -1.22. The minimum Gasteiger partial charge on any atom is -0.496 e. The molecule has 2 aromatic rings. The van der Waals surface area contributed by atoms with E-state index < -0.39 is 29.8 Å². The molecule has 5 rings (SSSR count). The molecular formula is C26H32O9. The molecular weight excluding hydrogens is 456 g/mol. The highest BCUT2D eigenvalue weighted by atomic mass is 16.8. The number of fused-ring (bicyclic) bond motifs is 5. The first-order valence-electron chi connectivity index (χ1n) is 11.8. The molecule has 9 nitrogen and oxygen atoms in total. The van der Waals surface area contributed by atoms with Gasteiger partial charge in [0.05, 0.1) is 57.0 Å². The van der Waals surface area contributed by atoms with Gasteiger partial charge in [-0.15, -0.1) is 0 Å². The number of carbonyl (C=O) groups is 1. The molecule has 35 heavy (non-hydrogen) atoms. The number of hydrogen-bond donors (Lipinski definition) is 1. The van der Waals surface area contributed by atoms with Gasteiger partial charge in [-0.1, -0.05) is 12.1 Å². The Morgan fingerprint density at radius 2 is 1.80 bits per heavy atom. The van der Waals surface area contributed by atoms with Crippen molar-refractivity contribution < 1.29 is 43.1 Å². The molecule has 3 heterocycles. The van der Waals surface area contributed by atoms with Crippen molar-refractivity contribution in [2.75, 3.05) is 21.3 Å². The van der Waals surface area contributed by atoms with Gasteiger partial charge in [-0.05, 0) is 26.8 Å². The summed E-state index contributed by atoms with van der Waals surface area (Å²) < 4.78 is 43.6. The van der Waals surface area contributed by atoms with Crippen LogP contribution in [0.3, 0.4) is 0 Å². The lowest BCUT2D eigenvalue weighted by Crippen LogP contribution is -2.59. The highest BCUT2D eigenvalue weighted by Crippen LogP contribution is 2.58. The molecule has 0 amide bonds. The number of rotatable bonds is 5. The molecule has 1 N–H and O–H groups in total. The number of hydrogen-bond acceptors (Lipinski definition) is 8. The van der Waals surface area contributed by atoms with Crippen LogP contribution in [-0.2, 0) is 35.9 Å². The van der Waals surface area contributed by atoms with Gasteiger partial charge in [0.1, 0.15) is 23.4 Å². The van der Waals surface area contributed by atoms with E-state index in [1.807, 2.05) is 39.0 Å². The Labute approximate surface area is 204 Å². The van der Waals surface area contributed by atoms with E-state index in [4.69, 9.17) is 33.2 Å². The predicted molar refractivity (Wildman–Crippen MR) is 125 cm³/mol. The van der Waals surface area contributed by atoms with Crippen LogP contribution in [0.5, 0.6) is 17.2 Å². The Morgan fingerprint density at radius 3 is 2.46 bits per heavy atom. The number of ether oxygens (including phenoxy) is 7. The molecule has 0 aromatic heterocycles. The molecule has 1 spiro atoms. The number of carboxylic acid groups (broad SMARTS) is 1. The van der Waals surface area contributed by atoms with Crippen LogP contribution in [0.2, 0.25) is 0 Å². The zero-order valence-corrected chi connectivity index (χ0v) is 20.9. The highest BCUT2D eigenvalue weighted by Gasteiger charge is 2.63. The third-order valence-corrected chi connectivity index (χ3v) is 6.95. The number of benzene rings is 2. The van der Waals surface area contributed by atoms with E-state index in [-0.39, 0.29) is 18.6 Å². The second-order valence-electron chi connectivity index (χ2n) is 9.77. The molecule has 0 aliphatic carbocycles. The summed E-state index contributed by atoms with van der Waals surface area (Å²) in [6, 6.07) is 5.66. The molecule has 5 atom stereocenters. The van der Waals surface area contributed by atoms with Crippen LogP contribution in [0.4, 0.5) is 0 Å². The van der Waals surface area contributed by atoms with E-state index >= 15 is 0 Å². The third-order valence-electron chi connectivity index (χ3n) is 6.95. The fourth-order valence-electron chi connectivity index (χ4n) is 5.91. The molecule has 0 unspecified atom stereocenters. The van der Waals surface area contributed by atoms with Gasteiger partial charge in [0.2, 0.25) is 5.79 Å². The number of carboxylic acids is 1. The lowest BCUT2D eigenvalue weighted by molar-refractivity contribution is -0.355. The van der Waals surface area contributed by atoms with Crippen LogP contribution < -0.4 is 14.2 Å². The molecule has 0 radical (unpaired) electrons. The zero-order chi connectivity index (χ0) is 25.1. The Kier molecular flexibility index (Phi) is 5.87. The van der Waals surface area contributed by atoms with Crippen molar-refractivity contribution >= 4 is 16.7 Å². The molecule has 2 aromatic carbocycles. The quantitative estimate of drug-likeness (QED) is 0.674. The van der Waals surface area contributed by atoms with Crippen molar-refractivity contribution in [3.8, 4) is 17.2 Å². The van der Waals surface area contributed by atoms with Crippen molar-refractivity contribution in [3.63, 3.8) is 0 Å². The lowest BCUT2D eigenvalue weighted by Gasteiger charge is -2.50. The van der Waals surface area contributed by atoms with Crippen molar-refractivity contribution in [3.05, 3.63) is 29.3 Å². The van der Waals surface area contributed by atoms with Crippen LogP contribution in [0.1, 0.15) is 44.7 Å². The average Bonchev–Trinajstić information content (AvgIpc) is 3.11. The lowest BCUT2D eigenvalue weighted by atomic mass is 9.80. The maximum atomic E-state index is 11.8. The molecule has 2 saturated heterocycles. The molecule has 0 bridgehead atoms. The maximum absolute atomic E-state index is 11.8. The summed E-state index contributed by atoms with van der Waals surface area (Å²) in [5.74, 6) is -1.59. The van der Waals surface area contributed by atoms with Gasteiger partial charge >= 0.3 is 5.97 Å². The summed E-state index contributed by atoms with van der Waals surface area (Å²) in [4.78, 5) is 11.8. The second kappa shape index (κ2) is 8.51. The fourth-order valence-corrected chi connectivity index (χ4v) is 5.91. The van der Waals surface area contributed by atoms with Crippen molar-refractivity contribution in [2.45, 2.75) is 76.0 Å². The summed E-state index contributed by atoms with van der Waals surface area (Å²) in [6.45, 7) is 5.65. The van der Waals surface area contributed by atoms with Crippen LogP contribution in [-0.4, -0.2) is 62.6 Å². The topological polar surface area (TPSA) is 102 Å². The van der Waals surface area contributed by atoms with Crippen molar-refractivity contribution in [1.29, 1.82) is 0 Å². The fraction of sp³-hybridized carbons (Fsp3) is 0.577. The highest BCUT2D eigenvalue weighted by molar-refractivity contribution is 6.00. The molecule has 2 fully saturated rings. The summed E-state index contributed by atoms with van der Waals surface area (Å²) >= 11 is 0. The van der Waals surface area contributed by atoms with Gasteiger partial charge in [0.25, 0.3) is 0 Å². The van der Waals surface area contributed by atoms with Gasteiger partial charge < -0.3 is 38.3 Å². The Hall–Kier alpha value is -2.59. The largest absolute Gasteiger partial charge is 0.496 e. The van der Waals surface area contributed by atoms with Crippen LogP contribution >= 0.6 is 0 Å². The summed E-state index contributed by atoms with van der Waals surface area (Å²) in [5.41, 5.74) is 1.39. The van der Waals surface area contributed by atoms with Gasteiger partial charge in [0, 0.05) is 23.8 Å². The zero-order valence-electron chi connectivity index (χ0n) is 20.9. The first-order valence-corrected chi connectivity index (χ1v) is 11.8.